The van der Waals surface area contributed by atoms with Crippen LogP contribution in [0.15, 0.2) is 42.7 Å². The van der Waals surface area contributed by atoms with Gasteiger partial charge in [0.15, 0.2) is 0 Å². The van der Waals surface area contributed by atoms with Crippen LogP contribution in [0.2, 0.25) is 5.02 Å². The number of hydrogen-bond acceptors (Lipinski definition) is 4. The highest BCUT2D eigenvalue weighted by molar-refractivity contribution is 6.34. The number of halogens is 1. The molecule has 0 saturated heterocycles. The molecule has 0 aliphatic rings. The molecule has 0 unspecified atom stereocenters. The van der Waals surface area contributed by atoms with E-state index >= 15 is 0 Å². The molecule has 0 radical (unpaired) electrons. The molecule has 2 aromatic rings. The second-order valence-corrected chi connectivity index (χ2v) is 4.80. The minimum absolute atomic E-state index is 0.0450. The first-order chi connectivity index (χ1) is 9.99. The molecule has 0 saturated carbocycles. The van der Waals surface area contributed by atoms with E-state index in [2.05, 4.69) is 10.3 Å². The Morgan fingerprint density at radius 2 is 2.00 bits per heavy atom. The Labute approximate surface area is 125 Å². The Hall–Kier alpha value is -2.47. The number of amides is 1. The largest absolute Gasteiger partial charge is 0.345 e. The molecule has 108 valence electrons. The molecule has 0 bridgehead atoms. The van der Waals surface area contributed by atoms with E-state index in [1.807, 2.05) is 6.92 Å². The molecule has 21 heavy (non-hydrogen) atoms. The van der Waals surface area contributed by atoms with E-state index in [0.29, 0.717) is 0 Å². The smallest absolute Gasteiger partial charge is 0.270 e. The number of hydrogen-bond donors (Lipinski definition) is 1. The SMILES string of the molecule is C[C@@H](NC(=O)c1ccc([N+](=O)[O-])cc1Cl)c1ccncc1. The highest BCUT2D eigenvalue weighted by Gasteiger charge is 2.17. The predicted molar refractivity (Wildman–Crippen MR) is 78.2 cm³/mol. The van der Waals surface area contributed by atoms with Crippen molar-refractivity contribution in [2.75, 3.05) is 0 Å². The van der Waals surface area contributed by atoms with Crippen molar-refractivity contribution < 1.29 is 9.72 Å². The van der Waals surface area contributed by atoms with E-state index in [1.54, 1.807) is 24.5 Å². The molecule has 1 aromatic carbocycles. The van der Waals surface area contributed by atoms with Gasteiger partial charge in [-0.05, 0) is 30.7 Å². The van der Waals surface area contributed by atoms with Gasteiger partial charge >= 0.3 is 0 Å². The zero-order valence-corrected chi connectivity index (χ0v) is 11.9. The van der Waals surface area contributed by atoms with Crippen LogP contribution in [0.3, 0.4) is 0 Å². The minimum atomic E-state index is -0.562. The van der Waals surface area contributed by atoms with Crippen molar-refractivity contribution >= 4 is 23.2 Å². The van der Waals surface area contributed by atoms with Gasteiger partial charge in [-0.15, -0.1) is 0 Å². The van der Waals surface area contributed by atoms with Gasteiger partial charge in [0, 0.05) is 24.5 Å². The van der Waals surface area contributed by atoms with E-state index in [-0.39, 0.29) is 28.2 Å². The summed E-state index contributed by atoms with van der Waals surface area (Å²) in [6, 6.07) is 7.11. The zero-order chi connectivity index (χ0) is 15.4. The summed E-state index contributed by atoms with van der Waals surface area (Å²) in [5, 5.41) is 13.5. The van der Waals surface area contributed by atoms with Crippen LogP contribution in [0.1, 0.15) is 28.9 Å². The lowest BCUT2D eigenvalue weighted by Crippen LogP contribution is -2.26. The lowest BCUT2D eigenvalue weighted by atomic mass is 10.1. The monoisotopic (exact) mass is 305 g/mol. The zero-order valence-electron chi connectivity index (χ0n) is 11.1. The van der Waals surface area contributed by atoms with Gasteiger partial charge in [0.2, 0.25) is 0 Å². The number of benzene rings is 1. The maximum Gasteiger partial charge on any atom is 0.270 e. The molecule has 1 aromatic heterocycles. The van der Waals surface area contributed by atoms with E-state index in [1.165, 1.54) is 12.1 Å². The Balaban J connectivity index is 2.15. The average Bonchev–Trinajstić information content (AvgIpc) is 2.47. The lowest BCUT2D eigenvalue weighted by Gasteiger charge is -2.14. The fourth-order valence-corrected chi connectivity index (χ4v) is 2.07. The fraction of sp³-hybridized carbons (Fsp3) is 0.143. The van der Waals surface area contributed by atoms with Crippen LogP contribution in [0, 0.1) is 10.1 Å². The van der Waals surface area contributed by atoms with Crippen molar-refractivity contribution in [1.82, 2.24) is 10.3 Å². The molecule has 0 aliphatic heterocycles. The third-order valence-corrected chi connectivity index (χ3v) is 3.27. The molecular formula is C14H12ClN3O3. The maximum atomic E-state index is 12.1. The van der Waals surface area contributed by atoms with Gasteiger partial charge in [0.1, 0.15) is 0 Å². The van der Waals surface area contributed by atoms with Gasteiger partial charge in [0.05, 0.1) is 21.6 Å². The normalized spacial score (nSPS) is 11.7. The van der Waals surface area contributed by atoms with Crippen molar-refractivity contribution in [3.05, 3.63) is 69.0 Å². The van der Waals surface area contributed by atoms with E-state index < -0.39 is 4.92 Å². The van der Waals surface area contributed by atoms with Crippen LogP contribution in [-0.4, -0.2) is 15.8 Å². The van der Waals surface area contributed by atoms with Gasteiger partial charge < -0.3 is 5.32 Å². The number of nitrogens with zero attached hydrogens (tertiary/aromatic N) is 2. The standard InChI is InChI=1S/C14H12ClN3O3/c1-9(10-4-6-16-7-5-10)17-14(19)12-3-2-11(18(20)21)8-13(12)15/h2-9H,1H3,(H,17,19)/t9-/m1/s1. The molecule has 1 N–H and O–H groups in total. The van der Waals surface area contributed by atoms with Crippen LogP contribution in [0.5, 0.6) is 0 Å². The number of nitro benzene ring substituents is 1. The topological polar surface area (TPSA) is 85.1 Å². The second kappa shape index (κ2) is 6.32. The summed E-state index contributed by atoms with van der Waals surface area (Å²) in [4.78, 5) is 26.1. The third kappa shape index (κ3) is 3.55. The first-order valence-corrected chi connectivity index (χ1v) is 6.51. The quantitative estimate of drug-likeness (QED) is 0.694. The molecule has 6 nitrogen and oxygen atoms in total. The molecule has 1 amide bonds. The number of pyridine rings is 1. The first kappa shape index (κ1) is 14.9. The molecule has 1 atom stereocenters. The number of carbonyl (C=O) groups is 1. The summed E-state index contributed by atoms with van der Waals surface area (Å²) in [5.74, 6) is -0.390. The second-order valence-electron chi connectivity index (χ2n) is 4.40. The highest BCUT2D eigenvalue weighted by atomic mass is 35.5. The van der Waals surface area contributed by atoms with Crippen molar-refractivity contribution in [2.45, 2.75) is 13.0 Å². The Kier molecular flexibility index (Phi) is 4.49. The third-order valence-electron chi connectivity index (χ3n) is 2.96. The van der Waals surface area contributed by atoms with Gasteiger partial charge in [-0.25, -0.2) is 0 Å². The molecule has 0 aliphatic carbocycles. The number of nitrogens with one attached hydrogen (secondary N) is 1. The summed E-state index contributed by atoms with van der Waals surface area (Å²) >= 11 is 5.92. The lowest BCUT2D eigenvalue weighted by molar-refractivity contribution is -0.384. The summed E-state index contributed by atoms with van der Waals surface area (Å²) in [6.45, 7) is 1.83. The molecule has 2 rings (SSSR count). The molecule has 1 heterocycles. The number of non-ortho nitro benzene ring substituents is 1. The number of nitro groups is 1. The minimum Gasteiger partial charge on any atom is -0.345 e. The van der Waals surface area contributed by atoms with E-state index in [4.69, 9.17) is 11.6 Å². The van der Waals surface area contributed by atoms with Gasteiger partial charge in [0.25, 0.3) is 11.6 Å². The van der Waals surface area contributed by atoms with Crippen molar-refractivity contribution in [3.8, 4) is 0 Å². The van der Waals surface area contributed by atoms with Crippen molar-refractivity contribution in [3.63, 3.8) is 0 Å². The molecule has 0 spiro atoms. The molecule has 7 heteroatoms. The van der Waals surface area contributed by atoms with Gasteiger partial charge in [-0.2, -0.15) is 0 Å². The van der Waals surface area contributed by atoms with E-state index in [9.17, 15) is 14.9 Å². The Bertz CT molecular complexity index is 676. The molecular weight excluding hydrogens is 294 g/mol. The Morgan fingerprint density at radius 3 is 2.57 bits per heavy atom. The highest BCUT2D eigenvalue weighted by Crippen LogP contribution is 2.23. The first-order valence-electron chi connectivity index (χ1n) is 6.14. The maximum absolute atomic E-state index is 12.1. The van der Waals surface area contributed by atoms with Crippen LogP contribution < -0.4 is 5.32 Å². The predicted octanol–water partition coefficient (Wildman–Crippen LogP) is 3.13. The number of aromatic nitrogens is 1. The molecule has 0 fully saturated rings. The Morgan fingerprint density at radius 1 is 1.33 bits per heavy atom. The average molecular weight is 306 g/mol. The van der Waals surface area contributed by atoms with Crippen molar-refractivity contribution in [1.29, 1.82) is 0 Å². The fourth-order valence-electron chi connectivity index (χ4n) is 1.81. The summed E-state index contributed by atoms with van der Waals surface area (Å²) in [5.41, 5.74) is 0.943. The summed E-state index contributed by atoms with van der Waals surface area (Å²) in [6.07, 6.45) is 3.27. The summed E-state index contributed by atoms with van der Waals surface area (Å²) in [7, 11) is 0. The van der Waals surface area contributed by atoms with E-state index in [0.717, 1.165) is 11.6 Å². The van der Waals surface area contributed by atoms with Crippen LogP contribution in [0.25, 0.3) is 0 Å². The van der Waals surface area contributed by atoms with Crippen LogP contribution in [0.4, 0.5) is 5.69 Å². The van der Waals surface area contributed by atoms with Crippen LogP contribution >= 0.6 is 11.6 Å². The van der Waals surface area contributed by atoms with Gasteiger partial charge in [-0.3, -0.25) is 19.9 Å². The van der Waals surface area contributed by atoms with Crippen molar-refractivity contribution in [2.24, 2.45) is 0 Å². The van der Waals surface area contributed by atoms with Crippen LogP contribution in [-0.2, 0) is 0 Å². The summed E-state index contributed by atoms with van der Waals surface area (Å²) < 4.78 is 0. The van der Waals surface area contributed by atoms with Gasteiger partial charge in [-0.1, -0.05) is 11.6 Å². The number of rotatable bonds is 4. The number of carbonyl (C=O) groups excluding carboxylic acids is 1.